The van der Waals surface area contributed by atoms with Crippen molar-refractivity contribution >= 4 is 11.9 Å². The maximum atomic E-state index is 13.6. The Bertz CT molecular complexity index is 1020. The summed E-state index contributed by atoms with van der Waals surface area (Å²) in [6, 6.07) is 16.8. The van der Waals surface area contributed by atoms with Crippen LogP contribution in [0.4, 0.5) is 23.8 Å². The van der Waals surface area contributed by atoms with Crippen molar-refractivity contribution < 1.29 is 22.7 Å². The van der Waals surface area contributed by atoms with Gasteiger partial charge < -0.3 is 4.74 Å². The number of carbonyl (C=O) groups excluding carboxylic acids is 1. The fourth-order valence-electron chi connectivity index (χ4n) is 3.12. The molecule has 3 aromatic rings. The second-order valence-corrected chi connectivity index (χ2v) is 7.07. The van der Waals surface area contributed by atoms with Gasteiger partial charge in [0.05, 0.1) is 11.4 Å². The van der Waals surface area contributed by atoms with Crippen molar-refractivity contribution in [1.82, 2.24) is 9.78 Å². The number of hydrogen-bond donors (Lipinski definition) is 1. The maximum Gasteiger partial charge on any atom is 0.418 e. The summed E-state index contributed by atoms with van der Waals surface area (Å²) in [5.41, 5.74) is -0.536. The molecule has 0 bridgehead atoms. The zero-order valence-corrected chi connectivity index (χ0v) is 15.5. The van der Waals surface area contributed by atoms with Gasteiger partial charge in [0.1, 0.15) is 17.0 Å². The molecule has 8 heteroatoms. The number of aryl methyl sites for hydroxylation is 1. The fourth-order valence-corrected chi connectivity index (χ4v) is 3.12. The highest BCUT2D eigenvalue weighted by molar-refractivity contribution is 5.85. The number of hydrogen-bond acceptors (Lipinski definition) is 3. The predicted octanol–water partition coefficient (Wildman–Crippen LogP) is 5.39. The Morgan fingerprint density at radius 2 is 1.76 bits per heavy atom. The Kier molecular flexibility index (Phi) is 4.56. The number of alkyl halides is 3. The van der Waals surface area contributed by atoms with E-state index < -0.39 is 17.7 Å². The maximum absolute atomic E-state index is 13.6. The first-order chi connectivity index (χ1) is 13.8. The van der Waals surface area contributed by atoms with E-state index in [2.05, 4.69) is 10.4 Å². The van der Waals surface area contributed by atoms with Gasteiger partial charge in [-0.05, 0) is 44.0 Å². The van der Waals surface area contributed by atoms with Crippen LogP contribution in [0.3, 0.4) is 0 Å². The minimum atomic E-state index is -4.40. The average molecular weight is 401 g/mol. The lowest BCUT2D eigenvalue weighted by molar-refractivity contribution is -0.161. The van der Waals surface area contributed by atoms with E-state index in [4.69, 9.17) is 4.74 Å². The number of halogens is 3. The lowest BCUT2D eigenvalue weighted by atomic mass is 10.0. The number of amides is 1. The van der Waals surface area contributed by atoms with E-state index in [9.17, 15) is 18.0 Å². The molecule has 0 spiro atoms. The minimum Gasteiger partial charge on any atom is -0.410 e. The first-order valence-electron chi connectivity index (χ1n) is 9.07. The minimum absolute atomic E-state index is 0.0185. The van der Waals surface area contributed by atoms with Crippen molar-refractivity contribution in [2.45, 2.75) is 31.4 Å². The number of aromatic nitrogens is 2. The lowest BCUT2D eigenvalue weighted by Crippen LogP contribution is -2.29. The Balaban J connectivity index is 1.68. The molecule has 1 N–H and O–H groups in total. The topological polar surface area (TPSA) is 56.2 Å². The molecule has 0 radical (unpaired) electrons. The predicted molar refractivity (Wildman–Crippen MR) is 101 cm³/mol. The van der Waals surface area contributed by atoms with Gasteiger partial charge in [0, 0.05) is 6.07 Å². The highest BCUT2D eigenvalue weighted by Gasteiger charge is 2.65. The summed E-state index contributed by atoms with van der Waals surface area (Å²) in [6.07, 6.45) is -5.25. The van der Waals surface area contributed by atoms with E-state index in [1.54, 1.807) is 42.5 Å². The molecule has 0 aliphatic heterocycles. The number of carbonyl (C=O) groups is 1. The van der Waals surface area contributed by atoms with Gasteiger partial charge in [0.15, 0.2) is 0 Å². The van der Waals surface area contributed by atoms with E-state index in [0.717, 1.165) is 5.56 Å². The molecule has 29 heavy (non-hydrogen) atoms. The number of anilines is 1. The van der Waals surface area contributed by atoms with Gasteiger partial charge in [-0.15, -0.1) is 0 Å². The number of rotatable bonds is 4. The van der Waals surface area contributed by atoms with Gasteiger partial charge in [-0.25, -0.2) is 9.48 Å². The van der Waals surface area contributed by atoms with Crippen LogP contribution < -0.4 is 10.1 Å². The Morgan fingerprint density at radius 1 is 1.10 bits per heavy atom. The van der Waals surface area contributed by atoms with Crippen LogP contribution >= 0.6 is 0 Å². The first-order valence-corrected chi connectivity index (χ1v) is 9.07. The standard InChI is InChI=1S/C21H18F3N3O2/c1-14-7-9-15(10-8-14)27-18(25-19(28)29-16-5-3-2-4-6-16)13-17(26-27)20(11-12-20)21(22,23)24/h2-10,13H,11-12H2,1H3,(H,25,28). The third kappa shape index (κ3) is 3.70. The number of benzene rings is 2. The molecule has 2 aromatic carbocycles. The van der Waals surface area contributed by atoms with E-state index in [0.29, 0.717) is 11.4 Å². The molecule has 1 aromatic heterocycles. The molecule has 1 aliphatic carbocycles. The first kappa shape index (κ1) is 19.0. The van der Waals surface area contributed by atoms with E-state index in [1.165, 1.54) is 10.7 Å². The van der Waals surface area contributed by atoms with Crippen LogP contribution in [0.25, 0.3) is 5.69 Å². The number of nitrogens with one attached hydrogen (secondary N) is 1. The Hall–Kier alpha value is -3.29. The Morgan fingerprint density at radius 3 is 2.34 bits per heavy atom. The second-order valence-electron chi connectivity index (χ2n) is 7.07. The van der Waals surface area contributed by atoms with Gasteiger partial charge in [0.2, 0.25) is 0 Å². The average Bonchev–Trinajstić information content (AvgIpc) is 3.40. The van der Waals surface area contributed by atoms with Crippen molar-refractivity contribution in [3.63, 3.8) is 0 Å². The zero-order chi connectivity index (χ0) is 20.6. The van der Waals surface area contributed by atoms with Crippen LogP contribution in [0.1, 0.15) is 24.1 Å². The smallest absolute Gasteiger partial charge is 0.410 e. The van der Waals surface area contributed by atoms with E-state index in [-0.39, 0.29) is 24.4 Å². The number of nitrogens with zero attached hydrogens (tertiary/aromatic N) is 2. The number of para-hydroxylation sites is 1. The molecule has 150 valence electrons. The monoisotopic (exact) mass is 401 g/mol. The van der Waals surface area contributed by atoms with Gasteiger partial charge >= 0.3 is 12.3 Å². The summed E-state index contributed by atoms with van der Waals surface area (Å²) in [5.74, 6) is 0.431. The van der Waals surface area contributed by atoms with Crippen LogP contribution in [0, 0.1) is 6.92 Å². The molecular weight excluding hydrogens is 383 g/mol. The molecule has 0 atom stereocenters. The quantitative estimate of drug-likeness (QED) is 0.638. The number of ether oxygens (including phenoxy) is 1. The van der Waals surface area contributed by atoms with Crippen molar-refractivity contribution in [3.05, 3.63) is 71.9 Å². The van der Waals surface area contributed by atoms with E-state index in [1.807, 2.05) is 19.1 Å². The largest absolute Gasteiger partial charge is 0.418 e. The normalized spacial score (nSPS) is 15.0. The third-order valence-electron chi connectivity index (χ3n) is 4.95. The molecule has 1 amide bonds. The van der Waals surface area contributed by atoms with Gasteiger partial charge in [0.25, 0.3) is 0 Å². The van der Waals surface area contributed by atoms with Crippen LogP contribution in [-0.2, 0) is 5.41 Å². The highest BCUT2D eigenvalue weighted by atomic mass is 19.4. The molecule has 5 nitrogen and oxygen atoms in total. The fraction of sp³-hybridized carbons (Fsp3) is 0.238. The third-order valence-corrected chi connectivity index (χ3v) is 4.95. The SMILES string of the molecule is Cc1ccc(-n2nc(C3(C(F)(F)F)CC3)cc2NC(=O)Oc2ccccc2)cc1. The van der Waals surface area contributed by atoms with Crippen molar-refractivity contribution in [3.8, 4) is 11.4 Å². The molecule has 0 unspecified atom stereocenters. The summed E-state index contributed by atoms with van der Waals surface area (Å²) >= 11 is 0. The van der Waals surface area contributed by atoms with Crippen molar-refractivity contribution in [1.29, 1.82) is 0 Å². The zero-order valence-electron chi connectivity index (χ0n) is 15.5. The van der Waals surface area contributed by atoms with Crippen LogP contribution in [0.5, 0.6) is 5.75 Å². The molecule has 0 saturated heterocycles. The summed E-state index contributed by atoms with van der Waals surface area (Å²) < 4.78 is 47.2. The Labute approximate surface area is 165 Å². The van der Waals surface area contributed by atoms with Gasteiger partial charge in [-0.2, -0.15) is 18.3 Å². The van der Waals surface area contributed by atoms with Crippen molar-refractivity contribution in [2.75, 3.05) is 5.32 Å². The summed E-state index contributed by atoms with van der Waals surface area (Å²) in [5, 5.41) is 6.71. The molecule has 1 heterocycles. The van der Waals surface area contributed by atoms with E-state index >= 15 is 0 Å². The molecule has 1 fully saturated rings. The van der Waals surface area contributed by atoms with Gasteiger partial charge in [-0.3, -0.25) is 5.32 Å². The molecule has 4 rings (SSSR count). The van der Waals surface area contributed by atoms with Crippen LogP contribution in [0.15, 0.2) is 60.7 Å². The highest BCUT2D eigenvalue weighted by Crippen LogP contribution is 2.58. The summed E-state index contributed by atoms with van der Waals surface area (Å²) in [7, 11) is 0. The molecule has 1 aliphatic rings. The summed E-state index contributed by atoms with van der Waals surface area (Å²) in [6.45, 7) is 1.90. The van der Waals surface area contributed by atoms with Crippen LogP contribution in [-0.4, -0.2) is 22.1 Å². The second kappa shape index (κ2) is 6.95. The lowest BCUT2D eigenvalue weighted by Gasteiger charge is -2.16. The molecule has 1 saturated carbocycles. The van der Waals surface area contributed by atoms with Crippen molar-refractivity contribution in [2.24, 2.45) is 0 Å². The van der Waals surface area contributed by atoms with Crippen LogP contribution in [0.2, 0.25) is 0 Å². The van der Waals surface area contributed by atoms with Gasteiger partial charge in [-0.1, -0.05) is 35.9 Å². The molecular formula is C21H18F3N3O2. The summed E-state index contributed by atoms with van der Waals surface area (Å²) in [4.78, 5) is 12.3.